The van der Waals surface area contributed by atoms with Gasteiger partial charge in [0.15, 0.2) is 0 Å². The zero-order valence-corrected chi connectivity index (χ0v) is 8.84. The van der Waals surface area contributed by atoms with Gasteiger partial charge in [0.1, 0.15) is 0 Å². The van der Waals surface area contributed by atoms with Crippen LogP contribution in [0.2, 0.25) is 0 Å². The molecule has 1 aromatic heterocycles. The molecule has 5 nitrogen and oxygen atoms in total. The number of aromatic nitrogens is 2. The van der Waals surface area contributed by atoms with Gasteiger partial charge in [-0.05, 0) is 26.3 Å². The Kier molecular flexibility index (Phi) is 2.73. The molecule has 1 fully saturated rings. The Bertz CT molecular complexity index is 327. The lowest BCUT2D eigenvalue weighted by Crippen LogP contribution is -2.46. The number of carbonyl (C=O) groups is 1. The van der Waals surface area contributed by atoms with E-state index >= 15 is 0 Å². The SMILES string of the molecule is CC1(C(=O)Nc2ncc[nH]2)CCCNC1. The molecule has 0 aliphatic carbocycles. The van der Waals surface area contributed by atoms with Crippen LogP contribution in [-0.2, 0) is 4.79 Å². The monoisotopic (exact) mass is 208 g/mol. The smallest absolute Gasteiger partial charge is 0.233 e. The summed E-state index contributed by atoms with van der Waals surface area (Å²) >= 11 is 0. The van der Waals surface area contributed by atoms with E-state index in [0.717, 1.165) is 25.9 Å². The van der Waals surface area contributed by atoms with Gasteiger partial charge in [-0.3, -0.25) is 10.1 Å². The van der Waals surface area contributed by atoms with Crippen molar-refractivity contribution in [3.63, 3.8) is 0 Å². The molecule has 1 atom stereocenters. The molecule has 82 valence electrons. The van der Waals surface area contributed by atoms with Crippen LogP contribution in [0.5, 0.6) is 0 Å². The van der Waals surface area contributed by atoms with Crippen LogP contribution in [0.3, 0.4) is 0 Å². The van der Waals surface area contributed by atoms with Crippen molar-refractivity contribution in [2.24, 2.45) is 5.41 Å². The minimum atomic E-state index is -0.314. The van der Waals surface area contributed by atoms with Crippen LogP contribution < -0.4 is 10.6 Å². The van der Waals surface area contributed by atoms with E-state index in [-0.39, 0.29) is 11.3 Å². The van der Waals surface area contributed by atoms with Gasteiger partial charge < -0.3 is 10.3 Å². The second-order valence-corrected chi connectivity index (χ2v) is 4.23. The Labute approximate surface area is 88.7 Å². The van der Waals surface area contributed by atoms with Gasteiger partial charge >= 0.3 is 0 Å². The van der Waals surface area contributed by atoms with Crippen molar-refractivity contribution in [3.05, 3.63) is 12.4 Å². The van der Waals surface area contributed by atoms with E-state index in [1.807, 2.05) is 6.92 Å². The fourth-order valence-corrected chi connectivity index (χ4v) is 1.84. The number of hydrogen-bond acceptors (Lipinski definition) is 3. The molecule has 2 rings (SSSR count). The maximum atomic E-state index is 12.0. The number of H-pyrrole nitrogens is 1. The lowest BCUT2D eigenvalue weighted by Gasteiger charge is -2.32. The lowest BCUT2D eigenvalue weighted by atomic mass is 9.82. The molecule has 0 saturated carbocycles. The Morgan fingerprint density at radius 3 is 3.13 bits per heavy atom. The molecule has 0 spiro atoms. The van der Waals surface area contributed by atoms with Crippen LogP contribution in [0.25, 0.3) is 0 Å². The molecule has 3 N–H and O–H groups in total. The van der Waals surface area contributed by atoms with Gasteiger partial charge in [0.25, 0.3) is 0 Å². The fraction of sp³-hybridized carbons (Fsp3) is 0.600. The number of rotatable bonds is 2. The maximum Gasteiger partial charge on any atom is 0.233 e. The Morgan fingerprint density at radius 2 is 2.53 bits per heavy atom. The van der Waals surface area contributed by atoms with Crippen LogP contribution in [0, 0.1) is 5.41 Å². The molecule has 15 heavy (non-hydrogen) atoms. The molecule has 0 bridgehead atoms. The number of hydrogen-bond donors (Lipinski definition) is 3. The molecule has 1 amide bonds. The molecule has 0 radical (unpaired) electrons. The quantitative estimate of drug-likeness (QED) is 0.671. The summed E-state index contributed by atoms with van der Waals surface area (Å²) in [6.45, 7) is 3.72. The first kappa shape index (κ1) is 10.2. The summed E-state index contributed by atoms with van der Waals surface area (Å²) < 4.78 is 0. The van der Waals surface area contributed by atoms with Gasteiger partial charge in [0.05, 0.1) is 5.41 Å². The van der Waals surface area contributed by atoms with Gasteiger partial charge in [0.2, 0.25) is 11.9 Å². The van der Waals surface area contributed by atoms with Crippen LogP contribution in [0.4, 0.5) is 5.95 Å². The first-order valence-corrected chi connectivity index (χ1v) is 5.22. The van der Waals surface area contributed by atoms with E-state index in [2.05, 4.69) is 20.6 Å². The Morgan fingerprint density at radius 1 is 1.67 bits per heavy atom. The molecule has 1 aliphatic heterocycles. The average molecular weight is 208 g/mol. The molecule has 0 aromatic carbocycles. The molecule has 5 heteroatoms. The fourth-order valence-electron chi connectivity index (χ4n) is 1.84. The minimum absolute atomic E-state index is 0.0321. The van der Waals surface area contributed by atoms with Crippen molar-refractivity contribution in [2.45, 2.75) is 19.8 Å². The van der Waals surface area contributed by atoms with E-state index in [0.29, 0.717) is 5.95 Å². The second kappa shape index (κ2) is 4.02. The van der Waals surface area contributed by atoms with E-state index in [1.54, 1.807) is 12.4 Å². The molecule has 1 aliphatic rings. The first-order chi connectivity index (χ1) is 7.21. The molecule has 1 aromatic rings. The summed E-state index contributed by atoms with van der Waals surface area (Å²) in [5.74, 6) is 0.552. The third kappa shape index (κ3) is 2.18. The van der Waals surface area contributed by atoms with E-state index in [9.17, 15) is 4.79 Å². The van der Waals surface area contributed by atoms with Gasteiger partial charge in [-0.2, -0.15) is 0 Å². The Balaban J connectivity index is 2.00. The zero-order chi connectivity index (χ0) is 10.7. The third-order valence-electron chi connectivity index (χ3n) is 2.88. The Hall–Kier alpha value is -1.36. The van der Waals surface area contributed by atoms with Crippen LogP contribution in [0.15, 0.2) is 12.4 Å². The number of nitrogens with one attached hydrogen (secondary N) is 3. The van der Waals surface area contributed by atoms with Gasteiger partial charge in [0, 0.05) is 18.9 Å². The second-order valence-electron chi connectivity index (χ2n) is 4.23. The van der Waals surface area contributed by atoms with Crippen molar-refractivity contribution in [1.82, 2.24) is 15.3 Å². The molecule has 1 saturated heterocycles. The summed E-state index contributed by atoms with van der Waals surface area (Å²) in [5, 5.41) is 6.03. The highest BCUT2D eigenvalue weighted by molar-refractivity contribution is 5.93. The first-order valence-electron chi connectivity index (χ1n) is 5.22. The van der Waals surface area contributed by atoms with E-state index in [4.69, 9.17) is 0 Å². The number of imidazole rings is 1. The van der Waals surface area contributed by atoms with E-state index in [1.165, 1.54) is 0 Å². The van der Waals surface area contributed by atoms with E-state index < -0.39 is 0 Å². The minimum Gasteiger partial charge on any atom is -0.331 e. The van der Waals surface area contributed by atoms with Crippen molar-refractivity contribution < 1.29 is 4.79 Å². The number of piperidine rings is 1. The summed E-state index contributed by atoms with van der Waals surface area (Å²) in [5.41, 5.74) is -0.314. The third-order valence-corrected chi connectivity index (χ3v) is 2.88. The average Bonchev–Trinajstić information content (AvgIpc) is 2.71. The van der Waals surface area contributed by atoms with Crippen molar-refractivity contribution in [1.29, 1.82) is 0 Å². The number of anilines is 1. The topological polar surface area (TPSA) is 69.8 Å². The zero-order valence-electron chi connectivity index (χ0n) is 8.84. The van der Waals surface area contributed by atoms with Crippen molar-refractivity contribution in [3.8, 4) is 0 Å². The predicted octanol–water partition coefficient (Wildman–Crippen LogP) is 0.738. The highest BCUT2D eigenvalue weighted by Gasteiger charge is 2.34. The largest absolute Gasteiger partial charge is 0.331 e. The highest BCUT2D eigenvalue weighted by atomic mass is 16.2. The van der Waals surface area contributed by atoms with Gasteiger partial charge in [-0.1, -0.05) is 0 Å². The maximum absolute atomic E-state index is 12.0. The lowest BCUT2D eigenvalue weighted by molar-refractivity contribution is -0.125. The van der Waals surface area contributed by atoms with Crippen molar-refractivity contribution in [2.75, 3.05) is 18.4 Å². The summed E-state index contributed by atoms with van der Waals surface area (Å²) in [6.07, 6.45) is 5.28. The summed E-state index contributed by atoms with van der Waals surface area (Å²) in [4.78, 5) is 18.8. The predicted molar refractivity (Wildman–Crippen MR) is 57.4 cm³/mol. The number of carbonyl (C=O) groups excluding carboxylic acids is 1. The normalized spacial score (nSPS) is 26.2. The summed E-state index contributed by atoms with van der Waals surface area (Å²) in [7, 11) is 0. The highest BCUT2D eigenvalue weighted by Crippen LogP contribution is 2.26. The van der Waals surface area contributed by atoms with Gasteiger partial charge in [-0.15, -0.1) is 0 Å². The molecule has 2 heterocycles. The number of amides is 1. The molecular weight excluding hydrogens is 192 g/mol. The molecule has 1 unspecified atom stereocenters. The van der Waals surface area contributed by atoms with Crippen molar-refractivity contribution >= 4 is 11.9 Å². The standard InChI is InChI=1S/C10H16N4O/c1-10(3-2-4-11-7-10)8(15)14-9-12-5-6-13-9/h5-6,11H,2-4,7H2,1H3,(H2,12,13,14,15). The summed E-state index contributed by atoms with van der Waals surface area (Å²) in [6, 6.07) is 0. The van der Waals surface area contributed by atoms with Crippen LogP contribution in [-0.4, -0.2) is 29.0 Å². The van der Waals surface area contributed by atoms with Gasteiger partial charge in [-0.25, -0.2) is 4.98 Å². The number of nitrogens with zero attached hydrogens (tertiary/aromatic N) is 1. The van der Waals surface area contributed by atoms with Crippen LogP contribution >= 0.6 is 0 Å². The van der Waals surface area contributed by atoms with Crippen LogP contribution in [0.1, 0.15) is 19.8 Å². The molecular formula is C10H16N4O. The number of aromatic amines is 1.